The minimum Gasteiger partial charge on any atom is -0.348 e. The van der Waals surface area contributed by atoms with Crippen LogP contribution in [0.1, 0.15) is 0 Å². The summed E-state index contributed by atoms with van der Waals surface area (Å²) in [6.45, 7) is 0. The molecule has 0 radical (unpaired) electrons. The first-order valence-electron chi connectivity index (χ1n) is 4.11. The lowest BCUT2D eigenvalue weighted by molar-refractivity contribution is 0.475. The van der Waals surface area contributed by atoms with Crippen LogP contribution < -0.4 is 9.32 Å². The highest BCUT2D eigenvalue weighted by atomic mass is 32.2. The molecule has 0 unspecified atom stereocenters. The van der Waals surface area contributed by atoms with Gasteiger partial charge in [-0.1, -0.05) is 12.1 Å². The van der Waals surface area contributed by atoms with Crippen LogP contribution in [0.3, 0.4) is 0 Å². The Morgan fingerprint density at radius 2 is 2.07 bits per heavy atom. The molecule has 0 aliphatic carbocycles. The summed E-state index contributed by atoms with van der Waals surface area (Å²) in [7, 11) is -2.34. The van der Waals surface area contributed by atoms with E-state index in [9.17, 15) is 8.42 Å². The summed E-state index contributed by atoms with van der Waals surface area (Å²) in [6.07, 6.45) is 0. The number of para-hydroxylation sites is 1. The molecular weight excluding hydrogens is 218 g/mol. The number of benzene rings is 1. The number of hydrogen-bond donors (Lipinski definition) is 1. The van der Waals surface area contributed by atoms with Gasteiger partial charge in [0.2, 0.25) is 0 Å². The highest BCUT2D eigenvalue weighted by molar-refractivity contribution is 7.84. The smallest absolute Gasteiger partial charge is 0.348 e. The molecule has 0 saturated heterocycles. The van der Waals surface area contributed by atoms with Gasteiger partial charge in [0.15, 0.2) is 0 Å². The summed E-state index contributed by atoms with van der Waals surface area (Å²) in [4.78, 5) is 0. The zero-order chi connectivity index (χ0) is 11.1. The van der Waals surface area contributed by atoms with Crippen molar-refractivity contribution in [1.82, 2.24) is 9.78 Å². The van der Waals surface area contributed by atoms with Gasteiger partial charge in [-0.3, -0.25) is 4.68 Å². The Hall–Kier alpha value is -1.60. The summed E-state index contributed by atoms with van der Waals surface area (Å²) in [5.74, 6) is -0.00407. The molecule has 6 nitrogen and oxygen atoms in total. The van der Waals surface area contributed by atoms with E-state index in [1.54, 1.807) is 25.2 Å². The van der Waals surface area contributed by atoms with Crippen molar-refractivity contribution >= 4 is 21.2 Å². The fourth-order valence-corrected chi connectivity index (χ4v) is 1.70. The van der Waals surface area contributed by atoms with Crippen LogP contribution >= 0.6 is 0 Å². The summed E-state index contributed by atoms with van der Waals surface area (Å²) < 4.78 is 27.6. The van der Waals surface area contributed by atoms with Crippen LogP contribution in [0.5, 0.6) is 5.88 Å². The number of hydrogen-bond acceptors (Lipinski definition) is 4. The maximum absolute atomic E-state index is 10.8. The molecule has 15 heavy (non-hydrogen) atoms. The molecule has 0 atom stereocenters. The molecule has 7 heteroatoms. The van der Waals surface area contributed by atoms with Crippen molar-refractivity contribution in [3.05, 3.63) is 24.3 Å². The maximum Gasteiger partial charge on any atom is 0.381 e. The molecule has 0 spiro atoms. The Morgan fingerprint density at radius 1 is 1.40 bits per heavy atom. The van der Waals surface area contributed by atoms with E-state index < -0.39 is 10.3 Å². The molecule has 80 valence electrons. The molecule has 0 aliphatic rings. The maximum atomic E-state index is 10.8. The Bertz CT molecular complexity index is 603. The first kappa shape index (κ1) is 9.94. The topological polar surface area (TPSA) is 87.2 Å². The van der Waals surface area contributed by atoms with E-state index in [0.717, 1.165) is 5.52 Å². The average molecular weight is 227 g/mol. The predicted octanol–water partition coefficient (Wildman–Crippen LogP) is 0.156. The van der Waals surface area contributed by atoms with Crippen LogP contribution in [0.25, 0.3) is 10.9 Å². The van der Waals surface area contributed by atoms with Crippen LogP contribution in [0.15, 0.2) is 24.3 Å². The van der Waals surface area contributed by atoms with Crippen LogP contribution in [-0.2, 0) is 17.4 Å². The molecule has 0 aliphatic heterocycles. The van der Waals surface area contributed by atoms with E-state index in [1.807, 2.05) is 6.07 Å². The Labute approximate surface area is 86.5 Å². The van der Waals surface area contributed by atoms with Crippen molar-refractivity contribution in [3.8, 4) is 5.88 Å². The number of rotatable bonds is 2. The molecule has 0 bridgehead atoms. The van der Waals surface area contributed by atoms with E-state index in [2.05, 4.69) is 9.28 Å². The highest BCUT2D eigenvalue weighted by Gasteiger charge is 2.13. The van der Waals surface area contributed by atoms with Crippen LogP contribution in [0.4, 0.5) is 0 Å². The van der Waals surface area contributed by atoms with E-state index in [0.29, 0.717) is 5.39 Å². The molecular formula is C8H9N3O3S. The molecule has 2 aromatic rings. The second kappa shape index (κ2) is 3.21. The van der Waals surface area contributed by atoms with Gasteiger partial charge in [-0.2, -0.15) is 13.6 Å². The number of nitrogens with two attached hydrogens (primary N) is 1. The van der Waals surface area contributed by atoms with Gasteiger partial charge in [-0.15, -0.1) is 5.10 Å². The van der Waals surface area contributed by atoms with Crippen molar-refractivity contribution in [1.29, 1.82) is 0 Å². The second-order valence-electron chi connectivity index (χ2n) is 3.02. The standard InChI is InChI=1S/C8H9N3O3S/c1-11-7-5-3-2-4-6(7)8(10-11)14-15(9,12)13/h2-5H,1H3,(H2,9,12,13). The largest absolute Gasteiger partial charge is 0.381 e. The van der Waals surface area contributed by atoms with Crippen molar-refractivity contribution in [2.75, 3.05) is 0 Å². The average Bonchev–Trinajstić information content (AvgIpc) is 2.42. The number of aryl methyl sites for hydroxylation is 1. The van der Waals surface area contributed by atoms with Gasteiger partial charge in [0, 0.05) is 7.05 Å². The SMILES string of the molecule is Cn1nc(OS(N)(=O)=O)c2ccccc21. The summed E-state index contributed by atoms with van der Waals surface area (Å²) >= 11 is 0. The van der Waals surface area contributed by atoms with Gasteiger partial charge >= 0.3 is 10.3 Å². The first-order chi connectivity index (χ1) is 6.97. The number of nitrogens with zero attached hydrogens (tertiary/aromatic N) is 2. The van der Waals surface area contributed by atoms with Crippen molar-refractivity contribution in [3.63, 3.8) is 0 Å². The quantitative estimate of drug-likeness (QED) is 0.791. The number of aromatic nitrogens is 2. The lowest BCUT2D eigenvalue weighted by atomic mass is 10.2. The molecule has 0 amide bonds. The zero-order valence-corrected chi connectivity index (χ0v) is 8.73. The van der Waals surface area contributed by atoms with E-state index in [-0.39, 0.29) is 5.88 Å². The number of fused-ring (bicyclic) bond motifs is 1. The molecule has 2 N–H and O–H groups in total. The Balaban J connectivity index is 2.62. The second-order valence-corrected chi connectivity index (χ2v) is 4.17. The molecule has 0 saturated carbocycles. The van der Waals surface area contributed by atoms with Gasteiger partial charge in [0.05, 0.1) is 10.9 Å². The van der Waals surface area contributed by atoms with E-state index in [4.69, 9.17) is 5.14 Å². The summed E-state index contributed by atoms with van der Waals surface area (Å²) in [6, 6.07) is 7.10. The van der Waals surface area contributed by atoms with Crippen molar-refractivity contribution in [2.45, 2.75) is 0 Å². The van der Waals surface area contributed by atoms with Crippen LogP contribution in [-0.4, -0.2) is 18.2 Å². The van der Waals surface area contributed by atoms with Gasteiger partial charge in [-0.05, 0) is 12.1 Å². The third-order valence-electron chi connectivity index (χ3n) is 1.92. The third-order valence-corrected chi connectivity index (χ3v) is 2.31. The van der Waals surface area contributed by atoms with Gasteiger partial charge in [0.25, 0.3) is 5.88 Å². The monoisotopic (exact) mass is 227 g/mol. The summed E-state index contributed by atoms with van der Waals surface area (Å²) in [5, 5.41) is 9.28. The Kier molecular flexibility index (Phi) is 2.13. The highest BCUT2D eigenvalue weighted by Crippen LogP contribution is 2.24. The molecule has 2 rings (SSSR count). The van der Waals surface area contributed by atoms with Gasteiger partial charge in [-0.25, -0.2) is 0 Å². The minimum atomic E-state index is -4.03. The molecule has 1 aromatic heterocycles. The predicted molar refractivity (Wildman–Crippen MR) is 54.4 cm³/mol. The zero-order valence-electron chi connectivity index (χ0n) is 7.91. The van der Waals surface area contributed by atoms with Crippen LogP contribution in [0.2, 0.25) is 0 Å². The molecule has 1 aromatic carbocycles. The van der Waals surface area contributed by atoms with Crippen LogP contribution in [0, 0.1) is 0 Å². The first-order valence-corrected chi connectivity index (χ1v) is 5.58. The molecule has 0 fully saturated rings. The normalized spacial score (nSPS) is 11.9. The van der Waals surface area contributed by atoms with Gasteiger partial charge in [0.1, 0.15) is 0 Å². The van der Waals surface area contributed by atoms with Gasteiger partial charge < -0.3 is 4.18 Å². The minimum absolute atomic E-state index is 0.00407. The lowest BCUT2D eigenvalue weighted by Gasteiger charge is -1.96. The van der Waals surface area contributed by atoms with E-state index >= 15 is 0 Å². The molecule has 1 heterocycles. The third kappa shape index (κ3) is 1.92. The summed E-state index contributed by atoms with van der Waals surface area (Å²) in [5.41, 5.74) is 0.774. The fourth-order valence-electron chi connectivity index (χ4n) is 1.35. The fraction of sp³-hybridized carbons (Fsp3) is 0.125. The van der Waals surface area contributed by atoms with Crippen molar-refractivity contribution in [2.24, 2.45) is 12.2 Å². The van der Waals surface area contributed by atoms with E-state index in [1.165, 1.54) is 4.68 Å². The Morgan fingerprint density at radius 3 is 2.73 bits per heavy atom. The lowest BCUT2D eigenvalue weighted by Crippen LogP contribution is -2.19. The van der Waals surface area contributed by atoms with Crippen molar-refractivity contribution < 1.29 is 12.6 Å².